The minimum atomic E-state index is -1.95. The number of hydrogen-bond donors (Lipinski definition) is 7. The van der Waals surface area contributed by atoms with Crippen LogP contribution in [0.4, 0.5) is 22.8 Å². The molecule has 7 N–H and O–H groups in total. The molecule has 0 spiro atoms. The number of likely N-dealkylation sites (tertiary alicyclic amines) is 1. The van der Waals surface area contributed by atoms with Gasteiger partial charge in [0.15, 0.2) is 17.3 Å². The molecule has 2 fully saturated rings. The molecule has 0 radical (unpaired) electrons. The van der Waals surface area contributed by atoms with Crippen LogP contribution in [-0.2, 0) is 17.8 Å². The largest absolute Gasteiger partial charge is 0.547 e. The van der Waals surface area contributed by atoms with Crippen molar-refractivity contribution in [3.8, 4) is 23.0 Å². The predicted molar refractivity (Wildman–Crippen MR) is 179 cm³/mol. The maximum atomic E-state index is 14.7. The summed E-state index contributed by atoms with van der Waals surface area (Å²) < 4.78 is 48.4. The van der Waals surface area contributed by atoms with E-state index < -0.39 is 93.9 Å². The van der Waals surface area contributed by atoms with Crippen LogP contribution in [0.15, 0.2) is 36.4 Å². The number of hydrogen-bond acceptors (Lipinski definition) is 10. The van der Waals surface area contributed by atoms with Gasteiger partial charge in [-0.05, 0) is 55.2 Å². The van der Waals surface area contributed by atoms with Crippen LogP contribution in [0.1, 0.15) is 45.9 Å². The van der Waals surface area contributed by atoms with Crippen LogP contribution in [-0.4, -0.2) is 109 Å². The topological polar surface area (TPSA) is 212 Å². The molecule has 20 heteroatoms. The second kappa shape index (κ2) is 14.9. The standard InChI is InChI=1S/C33H32BClF3N5O10/c35-25-19(13-22(38)27(45)28(25)46)26(30(47)39-23-12-15-1-3-21(37)24(31(48)49)29(15)53-34(23)52)40-32(50)43-10-9-42(33(43)51)17-5-7-41(8-6-17)14-16-11-18(44)2-4-20(16)36/h1-4,11,13,17,23,26,44-46,52H,5-10,12,14H2,(H,39,47)(H,40,50)(H,48,49)/t23-,26+/m0/s1. The van der Waals surface area contributed by atoms with Crippen molar-refractivity contribution in [2.24, 2.45) is 0 Å². The number of benzene rings is 3. The first-order valence-corrected chi connectivity index (χ1v) is 16.7. The smallest absolute Gasteiger partial charge is 0.534 e. The summed E-state index contributed by atoms with van der Waals surface area (Å²) in [6.07, 6.45) is 0.696. The highest BCUT2D eigenvalue weighted by Crippen LogP contribution is 2.41. The van der Waals surface area contributed by atoms with Crippen LogP contribution in [0.2, 0.25) is 5.02 Å². The van der Waals surface area contributed by atoms with E-state index in [0.717, 1.165) is 11.0 Å². The molecular weight excluding hydrogens is 730 g/mol. The zero-order chi connectivity index (χ0) is 38.3. The highest BCUT2D eigenvalue weighted by molar-refractivity contribution is 6.47. The Bertz CT molecular complexity index is 1990. The molecule has 3 aromatic rings. The monoisotopic (exact) mass is 761 g/mol. The maximum Gasteiger partial charge on any atom is 0.547 e. The number of rotatable bonds is 8. The number of imide groups is 1. The number of urea groups is 2. The second-order valence-corrected chi connectivity index (χ2v) is 13.2. The number of carboxylic acid groups (broad SMARTS) is 1. The van der Waals surface area contributed by atoms with E-state index in [1.807, 2.05) is 4.90 Å². The highest BCUT2D eigenvalue weighted by atomic mass is 35.5. The summed E-state index contributed by atoms with van der Waals surface area (Å²) in [5, 5.41) is 53.9. The lowest BCUT2D eigenvalue weighted by atomic mass is 9.72. The minimum Gasteiger partial charge on any atom is -0.534 e. The van der Waals surface area contributed by atoms with Crippen molar-refractivity contribution in [2.45, 2.75) is 43.8 Å². The molecule has 0 saturated carbocycles. The van der Waals surface area contributed by atoms with E-state index >= 15 is 0 Å². The van der Waals surface area contributed by atoms with Gasteiger partial charge < -0.3 is 45.6 Å². The van der Waals surface area contributed by atoms with Gasteiger partial charge in [-0.3, -0.25) is 9.69 Å². The predicted octanol–water partition coefficient (Wildman–Crippen LogP) is 2.86. The molecule has 15 nitrogen and oxygen atoms in total. The fourth-order valence-corrected chi connectivity index (χ4v) is 6.99. The average molecular weight is 762 g/mol. The average Bonchev–Trinajstić information content (AvgIpc) is 3.51. The Hall–Kier alpha value is -5.40. The summed E-state index contributed by atoms with van der Waals surface area (Å²) in [6.45, 7) is 1.24. The van der Waals surface area contributed by atoms with Gasteiger partial charge in [-0.1, -0.05) is 17.7 Å². The van der Waals surface area contributed by atoms with Crippen LogP contribution in [0, 0.1) is 17.5 Å². The number of nitrogens with zero attached hydrogens (tertiary/aromatic N) is 3. The third-order valence-corrected chi connectivity index (χ3v) is 9.89. The molecule has 0 bridgehead atoms. The molecule has 0 aromatic heterocycles. The quantitative estimate of drug-likeness (QED) is 0.131. The summed E-state index contributed by atoms with van der Waals surface area (Å²) in [5.74, 6) is -10.0. The summed E-state index contributed by atoms with van der Waals surface area (Å²) >= 11 is 6.19. The fraction of sp³-hybridized carbons (Fsp3) is 0.333. The minimum absolute atomic E-state index is 0.0630. The molecule has 5 amide bonds. The Morgan fingerprint density at radius 3 is 2.36 bits per heavy atom. The van der Waals surface area contributed by atoms with E-state index in [9.17, 15) is 57.8 Å². The number of phenolic OH excluding ortho intramolecular Hbond substituents is 3. The first kappa shape index (κ1) is 37.4. The first-order valence-electron chi connectivity index (χ1n) is 16.3. The van der Waals surface area contributed by atoms with Gasteiger partial charge in [0.25, 0.3) is 0 Å². The lowest BCUT2D eigenvalue weighted by molar-refractivity contribution is -0.123. The zero-order valence-electron chi connectivity index (χ0n) is 27.6. The van der Waals surface area contributed by atoms with Crippen molar-refractivity contribution in [2.75, 3.05) is 26.2 Å². The molecule has 3 aromatic carbocycles. The third-order valence-electron chi connectivity index (χ3n) is 9.50. The number of aromatic hydroxyl groups is 3. The summed E-state index contributed by atoms with van der Waals surface area (Å²) in [5.41, 5.74) is -0.948. The molecule has 0 aliphatic carbocycles. The SMILES string of the molecule is O=C(O)c1c(F)ccc2c1OB(O)[C@@H](NC(=O)[C@H](NC(=O)N1CCN(C3CCN(Cc4cc(O)ccc4F)CC3)C1=O)c1cc(F)c(O)c(O)c1Cl)C2. The van der Waals surface area contributed by atoms with Gasteiger partial charge in [-0.2, -0.15) is 0 Å². The van der Waals surface area contributed by atoms with Gasteiger partial charge in [-0.25, -0.2) is 32.5 Å². The number of carbonyl (C=O) groups excluding carboxylic acids is 3. The Labute approximate surface area is 304 Å². The number of carboxylic acids is 1. The molecule has 3 aliphatic heterocycles. The number of halogens is 4. The van der Waals surface area contributed by atoms with Crippen molar-refractivity contribution in [1.29, 1.82) is 0 Å². The summed E-state index contributed by atoms with van der Waals surface area (Å²) in [6, 6.07) is 2.38. The van der Waals surface area contributed by atoms with Gasteiger partial charge in [0.05, 0.1) is 11.0 Å². The van der Waals surface area contributed by atoms with Crippen molar-refractivity contribution >= 4 is 42.7 Å². The molecule has 3 heterocycles. The Balaban J connectivity index is 1.16. The van der Waals surface area contributed by atoms with Gasteiger partial charge >= 0.3 is 25.1 Å². The lowest BCUT2D eigenvalue weighted by Crippen LogP contribution is -2.56. The molecule has 2 atom stereocenters. The molecule has 53 heavy (non-hydrogen) atoms. The van der Waals surface area contributed by atoms with Crippen molar-refractivity contribution in [1.82, 2.24) is 25.3 Å². The molecule has 0 unspecified atom stereocenters. The highest BCUT2D eigenvalue weighted by Gasteiger charge is 2.43. The van der Waals surface area contributed by atoms with E-state index in [2.05, 4.69) is 10.6 Å². The van der Waals surface area contributed by atoms with Crippen molar-refractivity contribution < 1.29 is 62.5 Å². The molecular formula is C33H32BClF3N5O10. The molecule has 280 valence electrons. The van der Waals surface area contributed by atoms with E-state index in [4.69, 9.17) is 16.3 Å². The van der Waals surface area contributed by atoms with E-state index in [-0.39, 0.29) is 43.4 Å². The number of phenols is 3. The zero-order valence-corrected chi connectivity index (χ0v) is 28.3. The Kier molecular flexibility index (Phi) is 10.5. The molecule has 2 saturated heterocycles. The second-order valence-electron chi connectivity index (χ2n) is 12.8. The van der Waals surface area contributed by atoms with Crippen LogP contribution >= 0.6 is 11.6 Å². The third kappa shape index (κ3) is 7.44. The lowest BCUT2D eigenvalue weighted by Gasteiger charge is -2.36. The van der Waals surface area contributed by atoms with Gasteiger partial charge in [0.2, 0.25) is 5.91 Å². The Morgan fingerprint density at radius 2 is 1.66 bits per heavy atom. The van der Waals surface area contributed by atoms with Gasteiger partial charge in [-0.15, -0.1) is 0 Å². The fourth-order valence-electron chi connectivity index (χ4n) is 6.74. The van der Waals surface area contributed by atoms with Crippen LogP contribution < -0.4 is 15.3 Å². The van der Waals surface area contributed by atoms with Gasteiger partial charge in [0, 0.05) is 49.9 Å². The summed E-state index contributed by atoms with van der Waals surface area (Å²) in [7, 11) is -1.93. The summed E-state index contributed by atoms with van der Waals surface area (Å²) in [4.78, 5) is 56.8. The van der Waals surface area contributed by atoms with Crippen molar-refractivity contribution in [3.63, 3.8) is 0 Å². The van der Waals surface area contributed by atoms with Crippen LogP contribution in [0.3, 0.4) is 0 Å². The van der Waals surface area contributed by atoms with E-state index in [1.165, 1.54) is 29.2 Å². The number of piperidine rings is 1. The number of aromatic carboxylic acids is 1. The molecule has 6 rings (SSSR count). The maximum absolute atomic E-state index is 14.7. The Morgan fingerprint density at radius 1 is 0.962 bits per heavy atom. The molecule has 3 aliphatic rings. The van der Waals surface area contributed by atoms with Crippen LogP contribution in [0.5, 0.6) is 23.0 Å². The van der Waals surface area contributed by atoms with Crippen molar-refractivity contribution in [3.05, 3.63) is 81.1 Å². The first-order chi connectivity index (χ1) is 25.1. The van der Waals surface area contributed by atoms with E-state index in [1.54, 1.807) is 0 Å². The van der Waals surface area contributed by atoms with E-state index in [0.29, 0.717) is 37.6 Å². The van der Waals surface area contributed by atoms with Gasteiger partial charge in [0.1, 0.15) is 34.7 Å². The number of amides is 5. The van der Waals surface area contributed by atoms with Crippen LogP contribution in [0.25, 0.3) is 0 Å². The number of carbonyl (C=O) groups is 4. The number of nitrogens with one attached hydrogen (secondary N) is 2. The number of fused-ring (bicyclic) bond motifs is 1. The normalized spacial score (nSPS) is 18.4.